The maximum atomic E-state index is 12.3. The predicted octanol–water partition coefficient (Wildman–Crippen LogP) is 2.85. The fourth-order valence-electron chi connectivity index (χ4n) is 2.72. The minimum atomic E-state index is -2.83. The van der Waals surface area contributed by atoms with Gasteiger partial charge in [0.15, 0.2) is 0 Å². The van der Waals surface area contributed by atoms with Gasteiger partial charge in [-0.15, -0.1) is 0 Å². The predicted molar refractivity (Wildman–Crippen MR) is 79.8 cm³/mol. The molecule has 1 saturated heterocycles. The number of ether oxygens (including phenoxy) is 1. The van der Waals surface area contributed by atoms with Crippen LogP contribution in [0.15, 0.2) is 24.3 Å². The minimum absolute atomic E-state index is 0.0279. The van der Waals surface area contributed by atoms with Crippen molar-refractivity contribution in [3.63, 3.8) is 0 Å². The molecule has 3 atom stereocenters. The summed E-state index contributed by atoms with van der Waals surface area (Å²) in [5.41, 5.74) is 0.858. The van der Waals surface area contributed by atoms with Crippen LogP contribution in [0.2, 0.25) is 0 Å². The highest BCUT2D eigenvalue weighted by Gasteiger charge is 2.25. The summed E-state index contributed by atoms with van der Waals surface area (Å²) in [6.07, 6.45) is 1.67. The van der Waals surface area contributed by atoms with E-state index in [1.54, 1.807) is 12.1 Å². The Morgan fingerprint density at radius 2 is 2.05 bits per heavy atom. The van der Waals surface area contributed by atoms with Gasteiger partial charge in [-0.05, 0) is 50.9 Å². The topological polar surface area (TPSA) is 50.4 Å². The Hall–Kier alpha value is -1.69. The van der Waals surface area contributed by atoms with Crippen molar-refractivity contribution in [3.8, 4) is 5.75 Å². The van der Waals surface area contributed by atoms with Gasteiger partial charge in [0.25, 0.3) is 0 Å². The van der Waals surface area contributed by atoms with Crippen LogP contribution in [0.5, 0.6) is 5.75 Å². The zero-order valence-electron chi connectivity index (χ0n) is 12.8. The summed E-state index contributed by atoms with van der Waals surface area (Å²) in [6, 6.07) is 6.53. The third-order valence-corrected chi connectivity index (χ3v) is 3.96. The van der Waals surface area contributed by atoms with E-state index in [1.807, 2.05) is 6.92 Å². The number of halogens is 2. The van der Waals surface area contributed by atoms with Crippen molar-refractivity contribution in [1.29, 1.82) is 0 Å². The van der Waals surface area contributed by atoms with Gasteiger partial charge in [0.1, 0.15) is 5.75 Å². The molecule has 2 N–H and O–H groups in total. The molecule has 1 amide bonds. The van der Waals surface area contributed by atoms with Crippen molar-refractivity contribution >= 4 is 5.91 Å². The summed E-state index contributed by atoms with van der Waals surface area (Å²) >= 11 is 0. The SMILES string of the molecule is CC(NC(=O)[C@H]1CCN[C@@H](C)C1)c1ccc(OC(F)F)cc1. The summed E-state index contributed by atoms with van der Waals surface area (Å²) in [4.78, 5) is 12.3. The molecule has 1 aliphatic heterocycles. The Bertz CT molecular complexity index is 493. The van der Waals surface area contributed by atoms with Gasteiger partial charge in [0.05, 0.1) is 6.04 Å². The molecule has 0 aromatic heterocycles. The van der Waals surface area contributed by atoms with Crippen LogP contribution < -0.4 is 15.4 Å². The first-order chi connectivity index (χ1) is 10.5. The van der Waals surface area contributed by atoms with Crippen molar-refractivity contribution in [1.82, 2.24) is 10.6 Å². The van der Waals surface area contributed by atoms with Crippen molar-refractivity contribution in [3.05, 3.63) is 29.8 Å². The van der Waals surface area contributed by atoms with E-state index >= 15 is 0 Å². The van der Waals surface area contributed by atoms with E-state index in [2.05, 4.69) is 22.3 Å². The lowest BCUT2D eigenvalue weighted by molar-refractivity contribution is -0.126. The van der Waals surface area contributed by atoms with Gasteiger partial charge in [-0.3, -0.25) is 4.79 Å². The summed E-state index contributed by atoms with van der Waals surface area (Å²) in [5.74, 6) is 0.193. The van der Waals surface area contributed by atoms with E-state index in [4.69, 9.17) is 0 Å². The van der Waals surface area contributed by atoms with Gasteiger partial charge in [-0.1, -0.05) is 12.1 Å². The lowest BCUT2D eigenvalue weighted by atomic mass is 9.92. The molecule has 4 nitrogen and oxygen atoms in total. The number of benzene rings is 1. The largest absolute Gasteiger partial charge is 0.435 e. The second-order valence-electron chi connectivity index (χ2n) is 5.75. The maximum absolute atomic E-state index is 12.3. The first kappa shape index (κ1) is 16.7. The van der Waals surface area contributed by atoms with Crippen molar-refractivity contribution in [2.45, 2.75) is 45.4 Å². The fourth-order valence-corrected chi connectivity index (χ4v) is 2.72. The summed E-state index contributed by atoms with van der Waals surface area (Å²) in [7, 11) is 0. The van der Waals surface area contributed by atoms with Gasteiger partial charge >= 0.3 is 6.61 Å². The van der Waals surface area contributed by atoms with E-state index < -0.39 is 6.61 Å². The Kier molecular flexibility index (Phi) is 5.71. The molecule has 0 radical (unpaired) electrons. The molecule has 0 saturated carbocycles. The highest BCUT2D eigenvalue weighted by molar-refractivity contribution is 5.79. The second kappa shape index (κ2) is 7.54. The minimum Gasteiger partial charge on any atom is -0.435 e. The zero-order chi connectivity index (χ0) is 16.1. The molecule has 2 rings (SSSR count). The maximum Gasteiger partial charge on any atom is 0.387 e. The number of alkyl halides is 2. The molecule has 1 unspecified atom stereocenters. The molecular weight excluding hydrogens is 290 g/mol. The second-order valence-corrected chi connectivity index (χ2v) is 5.75. The van der Waals surface area contributed by atoms with Crippen LogP contribution >= 0.6 is 0 Å². The van der Waals surface area contributed by atoms with Crippen molar-refractivity contribution in [2.75, 3.05) is 6.54 Å². The smallest absolute Gasteiger partial charge is 0.387 e. The van der Waals surface area contributed by atoms with Crippen molar-refractivity contribution < 1.29 is 18.3 Å². The number of nitrogens with one attached hydrogen (secondary N) is 2. The number of piperidine rings is 1. The summed E-state index contributed by atoms with van der Waals surface area (Å²) < 4.78 is 28.5. The molecule has 1 heterocycles. The lowest BCUT2D eigenvalue weighted by Gasteiger charge is -2.28. The molecule has 22 heavy (non-hydrogen) atoms. The Morgan fingerprint density at radius 3 is 2.64 bits per heavy atom. The third kappa shape index (κ3) is 4.66. The molecule has 0 spiro atoms. The van der Waals surface area contributed by atoms with Crippen LogP contribution in [0.1, 0.15) is 38.3 Å². The number of carbonyl (C=O) groups excluding carboxylic acids is 1. The molecule has 1 fully saturated rings. The molecule has 0 aliphatic carbocycles. The van der Waals surface area contributed by atoms with E-state index in [0.29, 0.717) is 6.04 Å². The van der Waals surface area contributed by atoms with Crippen LogP contribution in [0.3, 0.4) is 0 Å². The lowest BCUT2D eigenvalue weighted by Crippen LogP contribution is -2.42. The number of hydrogen-bond donors (Lipinski definition) is 2. The quantitative estimate of drug-likeness (QED) is 0.879. The van der Waals surface area contributed by atoms with Gasteiger partial charge in [0.2, 0.25) is 5.91 Å². The average Bonchev–Trinajstić information content (AvgIpc) is 2.47. The highest BCUT2D eigenvalue weighted by Crippen LogP contribution is 2.21. The Labute approximate surface area is 129 Å². The number of amides is 1. The molecule has 122 valence electrons. The Balaban J connectivity index is 1.90. The summed E-state index contributed by atoms with van der Waals surface area (Å²) in [5, 5.41) is 6.31. The normalized spacial score (nSPS) is 23.1. The van der Waals surface area contributed by atoms with E-state index in [-0.39, 0.29) is 23.6 Å². The van der Waals surface area contributed by atoms with E-state index in [9.17, 15) is 13.6 Å². The monoisotopic (exact) mass is 312 g/mol. The van der Waals surface area contributed by atoms with Crippen LogP contribution in [0.25, 0.3) is 0 Å². The first-order valence-electron chi connectivity index (χ1n) is 7.54. The Morgan fingerprint density at radius 1 is 1.36 bits per heavy atom. The van der Waals surface area contributed by atoms with Crippen molar-refractivity contribution in [2.24, 2.45) is 5.92 Å². The fraction of sp³-hybridized carbons (Fsp3) is 0.562. The van der Waals surface area contributed by atoms with Gasteiger partial charge < -0.3 is 15.4 Å². The molecule has 1 aromatic carbocycles. The zero-order valence-corrected chi connectivity index (χ0v) is 12.8. The molecular formula is C16H22F2N2O2. The van der Waals surface area contributed by atoms with Crippen LogP contribution in [-0.2, 0) is 4.79 Å². The van der Waals surface area contributed by atoms with E-state index in [0.717, 1.165) is 24.9 Å². The average molecular weight is 312 g/mol. The first-order valence-corrected chi connectivity index (χ1v) is 7.54. The number of carbonyl (C=O) groups is 1. The van der Waals surface area contributed by atoms with E-state index in [1.165, 1.54) is 12.1 Å². The van der Waals surface area contributed by atoms with Gasteiger partial charge in [-0.2, -0.15) is 8.78 Å². The number of rotatable bonds is 5. The molecule has 1 aromatic rings. The van der Waals surface area contributed by atoms with Gasteiger partial charge in [-0.25, -0.2) is 0 Å². The van der Waals surface area contributed by atoms with Crippen LogP contribution in [0, 0.1) is 5.92 Å². The third-order valence-electron chi connectivity index (χ3n) is 3.96. The molecule has 0 bridgehead atoms. The summed E-state index contributed by atoms with van der Waals surface area (Å²) in [6.45, 7) is 1.98. The van der Waals surface area contributed by atoms with Crippen LogP contribution in [-0.4, -0.2) is 25.1 Å². The van der Waals surface area contributed by atoms with Gasteiger partial charge in [0, 0.05) is 12.0 Å². The number of hydrogen-bond acceptors (Lipinski definition) is 3. The standard InChI is InChI=1S/C16H22F2N2O2/c1-10-9-13(7-8-19-10)15(21)20-11(2)12-3-5-14(6-4-12)22-16(17)18/h3-6,10-11,13,16,19H,7-9H2,1-2H3,(H,20,21)/t10-,11?,13-/m0/s1. The van der Waals surface area contributed by atoms with Crippen LogP contribution in [0.4, 0.5) is 8.78 Å². The highest BCUT2D eigenvalue weighted by atomic mass is 19.3. The molecule has 6 heteroatoms. The molecule has 1 aliphatic rings.